The zero-order valence-electron chi connectivity index (χ0n) is 25.9. The molecule has 2 aromatic carbocycles. The topological polar surface area (TPSA) is 138 Å². The van der Waals surface area contributed by atoms with Gasteiger partial charge in [-0.3, -0.25) is 10.2 Å². The molecule has 4 N–H and O–H groups in total. The van der Waals surface area contributed by atoms with E-state index >= 15 is 0 Å². The summed E-state index contributed by atoms with van der Waals surface area (Å²) in [4.78, 5) is 38.2. The van der Waals surface area contributed by atoms with Gasteiger partial charge in [-0.1, -0.05) is 63.2 Å². The van der Waals surface area contributed by atoms with Crippen LogP contribution >= 0.6 is 0 Å². The second-order valence-corrected chi connectivity index (χ2v) is 12.1. The van der Waals surface area contributed by atoms with E-state index in [1.54, 1.807) is 45.0 Å². The molecule has 42 heavy (non-hydrogen) atoms. The van der Waals surface area contributed by atoms with Crippen molar-refractivity contribution in [3.63, 3.8) is 0 Å². The fourth-order valence-electron chi connectivity index (χ4n) is 4.14. The number of carbonyl (C=O) groups is 3. The first-order valence-corrected chi connectivity index (χ1v) is 13.9. The Kier molecular flexibility index (Phi) is 12.6. The van der Waals surface area contributed by atoms with E-state index in [9.17, 15) is 19.5 Å². The van der Waals surface area contributed by atoms with Gasteiger partial charge < -0.3 is 30.0 Å². The van der Waals surface area contributed by atoms with Gasteiger partial charge in [0.15, 0.2) is 0 Å². The molecule has 0 saturated carbocycles. The third-order valence-corrected chi connectivity index (χ3v) is 6.25. The summed E-state index contributed by atoms with van der Waals surface area (Å²) in [5.74, 6) is 0.183. The Balaban J connectivity index is 2.35. The van der Waals surface area contributed by atoms with Gasteiger partial charge in [0.05, 0.1) is 26.4 Å². The highest BCUT2D eigenvalue weighted by Crippen LogP contribution is 2.21. The summed E-state index contributed by atoms with van der Waals surface area (Å²) in [5, 5.41) is 18.4. The Bertz CT molecular complexity index is 1140. The number of ether oxygens (including phenoxy) is 3. The van der Waals surface area contributed by atoms with Crippen molar-refractivity contribution in [3.8, 4) is 5.75 Å². The Hall–Kier alpha value is -3.83. The lowest BCUT2D eigenvalue weighted by molar-refractivity contribution is -0.131. The monoisotopic (exact) mass is 586 g/mol. The summed E-state index contributed by atoms with van der Waals surface area (Å²) in [6.07, 6.45) is -2.21. The first kappa shape index (κ1) is 34.4. The van der Waals surface area contributed by atoms with Crippen molar-refractivity contribution in [2.24, 2.45) is 5.41 Å². The van der Waals surface area contributed by atoms with Gasteiger partial charge in [0.2, 0.25) is 0 Å². The molecule has 0 fully saturated rings. The molecule has 0 saturated heterocycles. The smallest absolute Gasteiger partial charge is 0.407 e. The van der Waals surface area contributed by atoms with Crippen LogP contribution in [-0.4, -0.2) is 72.8 Å². The summed E-state index contributed by atoms with van der Waals surface area (Å²) < 4.78 is 15.4. The molecule has 0 aliphatic rings. The number of methoxy groups -OCH3 is 2. The van der Waals surface area contributed by atoms with Gasteiger partial charge in [-0.2, -0.15) is 0 Å². The Morgan fingerprint density at radius 1 is 0.857 bits per heavy atom. The molecule has 3 amide bonds. The maximum Gasteiger partial charge on any atom is 0.407 e. The van der Waals surface area contributed by atoms with E-state index in [1.165, 1.54) is 7.11 Å². The van der Waals surface area contributed by atoms with E-state index in [4.69, 9.17) is 14.2 Å². The number of alkyl carbamates (subject to hydrolysis) is 2. The summed E-state index contributed by atoms with van der Waals surface area (Å²) in [6.45, 7) is 10.9. The number of aliphatic hydroxyl groups is 1. The molecule has 0 heterocycles. The fraction of sp³-hybridized carbons (Fsp3) is 0.516. The van der Waals surface area contributed by atoms with Gasteiger partial charge in [0, 0.05) is 13.1 Å². The summed E-state index contributed by atoms with van der Waals surface area (Å²) in [6, 6.07) is 15.0. The Labute approximate surface area is 248 Å². The quantitative estimate of drug-likeness (QED) is 0.276. The number of hydrogen-bond acceptors (Lipinski definition) is 8. The first-order chi connectivity index (χ1) is 19.6. The van der Waals surface area contributed by atoms with Gasteiger partial charge in [0.1, 0.15) is 17.4 Å². The molecule has 0 spiro atoms. The Morgan fingerprint density at radius 3 is 2.00 bits per heavy atom. The van der Waals surface area contributed by atoms with Crippen LogP contribution in [0.3, 0.4) is 0 Å². The molecule has 2 rings (SSSR count). The summed E-state index contributed by atoms with van der Waals surface area (Å²) in [7, 11) is 2.80. The van der Waals surface area contributed by atoms with Crippen LogP contribution in [0.25, 0.3) is 0 Å². The van der Waals surface area contributed by atoms with E-state index in [0.717, 1.165) is 11.1 Å². The number of amides is 3. The molecule has 0 radical (unpaired) electrons. The lowest BCUT2D eigenvalue weighted by atomic mass is 9.86. The minimum Gasteiger partial charge on any atom is -0.497 e. The Morgan fingerprint density at radius 2 is 1.48 bits per heavy atom. The van der Waals surface area contributed by atoms with Gasteiger partial charge in [-0.05, 0) is 55.9 Å². The van der Waals surface area contributed by atoms with Crippen LogP contribution in [0.1, 0.15) is 52.7 Å². The van der Waals surface area contributed by atoms with Gasteiger partial charge in [-0.25, -0.2) is 14.6 Å². The predicted molar refractivity (Wildman–Crippen MR) is 160 cm³/mol. The maximum atomic E-state index is 13.5. The predicted octanol–water partition coefficient (Wildman–Crippen LogP) is 3.80. The molecule has 0 unspecified atom stereocenters. The number of carbonyl (C=O) groups excluding carboxylic acids is 3. The molecule has 11 nitrogen and oxygen atoms in total. The van der Waals surface area contributed by atoms with Crippen molar-refractivity contribution >= 4 is 18.1 Å². The number of nitrogens with zero attached hydrogens (tertiary/aromatic N) is 1. The van der Waals surface area contributed by atoms with Crippen molar-refractivity contribution in [2.45, 2.75) is 78.3 Å². The fourth-order valence-corrected chi connectivity index (χ4v) is 4.14. The minimum atomic E-state index is -1.13. The zero-order chi connectivity index (χ0) is 31.5. The largest absolute Gasteiger partial charge is 0.497 e. The second kappa shape index (κ2) is 15.4. The average Bonchev–Trinajstić information content (AvgIpc) is 2.90. The molecule has 0 aliphatic carbocycles. The highest BCUT2D eigenvalue weighted by molar-refractivity contribution is 5.86. The van der Waals surface area contributed by atoms with Crippen LogP contribution in [0.4, 0.5) is 9.59 Å². The molecule has 0 aromatic heterocycles. The normalized spacial score (nSPS) is 13.9. The first-order valence-electron chi connectivity index (χ1n) is 13.9. The summed E-state index contributed by atoms with van der Waals surface area (Å²) in [5.41, 5.74) is 3.21. The van der Waals surface area contributed by atoms with Crippen molar-refractivity contribution in [1.82, 2.24) is 21.1 Å². The lowest BCUT2D eigenvalue weighted by Crippen LogP contribution is -2.59. The number of nitrogens with one attached hydrogen (secondary N) is 3. The minimum absolute atomic E-state index is 0.0554. The average molecular weight is 587 g/mol. The van der Waals surface area contributed by atoms with Crippen LogP contribution in [-0.2, 0) is 27.2 Å². The highest BCUT2D eigenvalue weighted by atomic mass is 16.6. The lowest BCUT2D eigenvalue weighted by Gasteiger charge is -2.34. The van der Waals surface area contributed by atoms with Gasteiger partial charge >= 0.3 is 12.2 Å². The standard InChI is InChI=1S/C31H46N4O7/c1-30(2,3)26(33-28(38)41-8)27(37)34-35(19-22-14-16-23(40-7)17-15-22)20-25(36)24(18-21-12-10-9-11-13-21)32-29(39)42-31(4,5)6/h9-17,24-26,36H,18-20H2,1-8H3,(H,32,39)(H,33,38)(H,34,37)/t24-,25-,26+/m0/s1. The van der Waals surface area contributed by atoms with E-state index in [-0.39, 0.29) is 13.1 Å². The van der Waals surface area contributed by atoms with Crippen LogP contribution in [0.2, 0.25) is 0 Å². The number of aliphatic hydroxyl groups excluding tert-OH is 1. The van der Waals surface area contributed by atoms with Crippen molar-refractivity contribution in [1.29, 1.82) is 0 Å². The molecule has 11 heteroatoms. The molecule has 232 valence electrons. The molecule has 0 bridgehead atoms. The number of hydrogen-bond donors (Lipinski definition) is 4. The van der Waals surface area contributed by atoms with E-state index in [0.29, 0.717) is 12.2 Å². The molecular formula is C31H46N4O7. The van der Waals surface area contributed by atoms with Gasteiger partial charge in [0.25, 0.3) is 5.91 Å². The highest BCUT2D eigenvalue weighted by Gasteiger charge is 2.35. The molecule has 3 atom stereocenters. The van der Waals surface area contributed by atoms with Crippen LogP contribution < -0.4 is 20.8 Å². The number of rotatable bonds is 12. The van der Waals surface area contributed by atoms with Crippen LogP contribution in [0.5, 0.6) is 5.75 Å². The second-order valence-electron chi connectivity index (χ2n) is 12.1. The van der Waals surface area contributed by atoms with Crippen molar-refractivity contribution in [2.75, 3.05) is 20.8 Å². The maximum absolute atomic E-state index is 13.5. The van der Waals surface area contributed by atoms with Crippen molar-refractivity contribution < 1.29 is 33.7 Å². The molecular weight excluding hydrogens is 540 g/mol. The van der Waals surface area contributed by atoms with Gasteiger partial charge in [-0.15, -0.1) is 0 Å². The van der Waals surface area contributed by atoms with E-state index in [2.05, 4.69) is 16.1 Å². The third-order valence-electron chi connectivity index (χ3n) is 6.25. The molecule has 2 aromatic rings. The van der Waals surface area contributed by atoms with E-state index < -0.39 is 47.3 Å². The SMILES string of the molecule is COC(=O)N[C@H](C(=O)NN(Cc1ccc(OC)cc1)C[C@H](O)[C@H](Cc1ccccc1)NC(=O)OC(C)(C)C)C(C)(C)C. The molecule has 0 aliphatic heterocycles. The van der Waals surface area contributed by atoms with Crippen LogP contribution in [0, 0.1) is 5.41 Å². The van der Waals surface area contributed by atoms with Crippen LogP contribution in [0.15, 0.2) is 54.6 Å². The number of benzene rings is 2. The third kappa shape index (κ3) is 12.0. The number of hydrazine groups is 1. The summed E-state index contributed by atoms with van der Waals surface area (Å²) >= 11 is 0. The zero-order valence-corrected chi connectivity index (χ0v) is 25.9. The van der Waals surface area contributed by atoms with E-state index in [1.807, 2.05) is 63.2 Å². The van der Waals surface area contributed by atoms with Crippen molar-refractivity contribution in [3.05, 3.63) is 65.7 Å².